The van der Waals surface area contributed by atoms with Crippen LogP contribution in [0.5, 0.6) is 0 Å². The molecule has 1 aromatic carbocycles. The molecule has 0 saturated carbocycles. The van der Waals surface area contributed by atoms with E-state index in [0.717, 1.165) is 7.11 Å². The van der Waals surface area contributed by atoms with Crippen LogP contribution in [0, 0.1) is 5.92 Å². The van der Waals surface area contributed by atoms with Gasteiger partial charge in [-0.2, -0.15) is 13.2 Å². The van der Waals surface area contributed by atoms with Gasteiger partial charge in [-0.05, 0) is 17.7 Å². The van der Waals surface area contributed by atoms with Crippen LogP contribution in [0.3, 0.4) is 0 Å². The molecule has 1 aromatic rings. The molecule has 0 fully saturated rings. The Morgan fingerprint density at radius 2 is 1.82 bits per heavy atom. The Balaban J connectivity index is 2.93. The van der Waals surface area contributed by atoms with E-state index in [-0.39, 0.29) is 6.54 Å². The van der Waals surface area contributed by atoms with Crippen molar-refractivity contribution in [3.05, 3.63) is 34.9 Å². The van der Waals surface area contributed by atoms with E-state index in [0.29, 0.717) is 15.5 Å². The number of rotatable bonds is 5. The summed E-state index contributed by atoms with van der Waals surface area (Å²) in [6, 6.07) is 6.05. The number of esters is 1. The van der Waals surface area contributed by atoms with Crippen LogP contribution in [-0.2, 0) is 20.9 Å². The van der Waals surface area contributed by atoms with E-state index < -0.39 is 30.5 Å². The third-order valence-electron chi connectivity index (χ3n) is 2.91. The van der Waals surface area contributed by atoms with E-state index >= 15 is 0 Å². The number of hydrogen-bond donors (Lipinski definition) is 0. The van der Waals surface area contributed by atoms with Gasteiger partial charge in [0.2, 0.25) is 0 Å². The van der Waals surface area contributed by atoms with Crippen molar-refractivity contribution < 1.29 is 27.5 Å². The fourth-order valence-electron chi connectivity index (χ4n) is 1.82. The lowest BCUT2D eigenvalue weighted by Crippen LogP contribution is -2.44. The van der Waals surface area contributed by atoms with Crippen molar-refractivity contribution in [3.8, 4) is 0 Å². The van der Waals surface area contributed by atoms with Crippen LogP contribution in [0.15, 0.2) is 24.3 Å². The van der Waals surface area contributed by atoms with Crippen molar-refractivity contribution in [1.82, 2.24) is 4.90 Å². The minimum atomic E-state index is -5.01. The Bertz CT molecular complexity index is 531. The molecule has 0 aromatic heterocycles. The van der Waals surface area contributed by atoms with E-state index in [1.54, 1.807) is 0 Å². The Kier molecular flexibility index (Phi) is 6.22. The molecular formula is C14H15ClF3NO3. The van der Waals surface area contributed by atoms with Crippen molar-refractivity contribution >= 4 is 23.5 Å². The van der Waals surface area contributed by atoms with Gasteiger partial charge in [0.15, 0.2) is 0 Å². The van der Waals surface area contributed by atoms with Gasteiger partial charge >= 0.3 is 18.1 Å². The lowest BCUT2D eigenvalue weighted by Gasteiger charge is -2.26. The molecule has 0 aliphatic carbocycles. The number of carbonyl (C=O) groups excluding carboxylic acids is 2. The van der Waals surface area contributed by atoms with Gasteiger partial charge in [-0.15, -0.1) is 0 Å². The minimum absolute atomic E-state index is 0.281. The number of carbonyl (C=O) groups is 2. The summed E-state index contributed by atoms with van der Waals surface area (Å²) in [6.45, 7) is 0.717. The molecule has 1 atom stereocenters. The molecule has 22 heavy (non-hydrogen) atoms. The Labute approximate surface area is 130 Å². The summed E-state index contributed by atoms with van der Waals surface area (Å²) in [5.41, 5.74) is 0.471. The van der Waals surface area contributed by atoms with E-state index in [1.807, 2.05) is 0 Å². The van der Waals surface area contributed by atoms with Crippen molar-refractivity contribution in [1.29, 1.82) is 0 Å². The number of halogens is 4. The lowest BCUT2D eigenvalue weighted by molar-refractivity contribution is -0.187. The van der Waals surface area contributed by atoms with Gasteiger partial charge in [-0.1, -0.05) is 30.7 Å². The first-order chi connectivity index (χ1) is 10.1. The first-order valence-corrected chi connectivity index (χ1v) is 6.71. The predicted octanol–water partition coefficient (Wildman–Crippen LogP) is 3.04. The van der Waals surface area contributed by atoms with E-state index in [2.05, 4.69) is 4.74 Å². The molecule has 4 nitrogen and oxygen atoms in total. The summed E-state index contributed by atoms with van der Waals surface area (Å²) in [5.74, 6) is -3.56. The molecule has 0 aliphatic heterocycles. The number of nitrogens with zero attached hydrogens (tertiary/aromatic N) is 1. The third-order valence-corrected chi connectivity index (χ3v) is 3.17. The second kappa shape index (κ2) is 7.49. The second-order valence-corrected chi connectivity index (χ2v) is 5.17. The number of hydrogen-bond acceptors (Lipinski definition) is 3. The van der Waals surface area contributed by atoms with Gasteiger partial charge in [0.05, 0.1) is 13.0 Å². The minimum Gasteiger partial charge on any atom is -0.469 e. The summed E-state index contributed by atoms with van der Waals surface area (Å²) < 4.78 is 42.5. The van der Waals surface area contributed by atoms with E-state index in [9.17, 15) is 22.8 Å². The zero-order chi connectivity index (χ0) is 16.9. The van der Waals surface area contributed by atoms with Gasteiger partial charge in [-0.3, -0.25) is 9.59 Å². The van der Waals surface area contributed by atoms with Gasteiger partial charge in [0, 0.05) is 18.1 Å². The van der Waals surface area contributed by atoms with Gasteiger partial charge in [0.25, 0.3) is 0 Å². The van der Waals surface area contributed by atoms with Crippen molar-refractivity contribution in [2.75, 3.05) is 13.7 Å². The van der Waals surface area contributed by atoms with Crippen LogP contribution in [-0.4, -0.2) is 36.6 Å². The molecule has 0 aliphatic rings. The average molecular weight is 338 g/mol. The Morgan fingerprint density at radius 1 is 1.27 bits per heavy atom. The van der Waals surface area contributed by atoms with Gasteiger partial charge < -0.3 is 9.64 Å². The number of alkyl halides is 3. The van der Waals surface area contributed by atoms with Crippen molar-refractivity contribution in [3.63, 3.8) is 0 Å². The quantitative estimate of drug-likeness (QED) is 0.776. The summed E-state index contributed by atoms with van der Waals surface area (Å²) >= 11 is 5.71. The zero-order valence-corrected chi connectivity index (χ0v) is 12.7. The molecule has 1 unspecified atom stereocenters. The average Bonchev–Trinajstić information content (AvgIpc) is 2.46. The Hall–Kier alpha value is -1.76. The van der Waals surface area contributed by atoms with Crippen LogP contribution < -0.4 is 0 Å². The van der Waals surface area contributed by atoms with Crippen LogP contribution in [0.4, 0.5) is 13.2 Å². The van der Waals surface area contributed by atoms with Gasteiger partial charge in [0.1, 0.15) is 0 Å². The normalized spacial score (nSPS) is 12.6. The van der Waals surface area contributed by atoms with E-state index in [4.69, 9.17) is 11.6 Å². The fourth-order valence-corrected chi connectivity index (χ4v) is 1.94. The van der Waals surface area contributed by atoms with E-state index in [1.165, 1.54) is 31.2 Å². The standard InChI is InChI=1S/C14H15ClF3NO3/c1-9(12(20)22-2)7-19(13(21)14(16,17)18)8-10-3-5-11(15)6-4-10/h3-6,9H,7-8H2,1-2H3. The SMILES string of the molecule is COC(=O)C(C)CN(Cc1ccc(Cl)cc1)C(=O)C(F)(F)F. The fraction of sp³-hybridized carbons (Fsp3) is 0.429. The zero-order valence-electron chi connectivity index (χ0n) is 12.0. The summed E-state index contributed by atoms with van der Waals surface area (Å²) in [5, 5.41) is 0.431. The summed E-state index contributed by atoms with van der Waals surface area (Å²) in [6.07, 6.45) is -5.01. The van der Waals surface area contributed by atoms with Crippen LogP contribution in [0.25, 0.3) is 0 Å². The largest absolute Gasteiger partial charge is 0.471 e. The van der Waals surface area contributed by atoms with Gasteiger partial charge in [-0.25, -0.2) is 0 Å². The molecule has 1 amide bonds. The highest BCUT2D eigenvalue weighted by Gasteiger charge is 2.43. The first kappa shape index (κ1) is 18.3. The maximum Gasteiger partial charge on any atom is 0.471 e. The summed E-state index contributed by atoms with van der Waals surface area (Å²) in [4.78, 5) is 23.4. The maximum atomic E-state index is 12.7. The highest BCUT2D eigenvalue weighted by atomic mass is 35.5. The molecule has 8 heteroatoms. The molecule has 0 spiro atoms. The molecule has 0 saturated heterocycles. The molecule has 0 heterocycles. The lowest BCUT2D eigenvalue weighted by atomic mass is 10.1. The number of benzene rings is 1. The Morgan fingerprint density at radius 3 is 2.27 bits per heavy atom. The van der Waals surface area contributed by atoms with Crippen molar-refractivity contribution in [2.24, 2.45) is 5.92 Å². The smallest absolute Gasteiger partial charge is 0.469 e. The third kappa shape index (κ3) is 5.22. The van der Waals surface area contributed by atoms with Crippen LogP contribution in [0.2, 0.25) is 5.02 Å². The number of methoxy groups -OCH3 is 1. The number of ether oxygens (including phenoxy) is 1. The molecule has 0 N–H and O–H groups in total. The molecular weight excluding hydrogens is 323 g/mol. The number of amides is 1. The predicted molar refractivity (Wildman–Crippen MR) is 74.1 cm³/mol. The molecule has 0 radical (unpaired) electrons. The van der Waals surface area contributed by atoms with Crippen molar-refractivity contribution in [2.45, 2.75) is 19.6 Å². The summed E-state index contributed by atoms with van der Waals surface area (Å²) in [7, 11) is 1.13. The highest BCUT2D eigenvalue weighted by Crippen LogP contribution is 2.22. The monoisotopic (exact) mass is 337 g/mol. The molecule has 122 valence electrons. The van der Waals surface area contributed by atoms with Crippen LogP contribution >= 0.6 is 11.6 Å². The first-order valence-electron chi connectivity index (χ1n) is 6.33. The van der Waals surface area contributed by atoms with Crippen LogP contribution in [0.1, 0.15) is 12.5 Å². The second-order valence-electron chi connectivity index (χ2n) is 4.73. The molecule has 1 rings (SSSR count). The maximum absolute atomic E-state index is 12.7. The molecule has 0 bridgehead atoms. The highest BCUT2D eigenvalue weighted by molar-refractivity contribution is 6.30. The topological polar surface area (TPSA) is 46.6 Å².